The summed E-state index contributed by atoms with van der Waals surface area (Å²) in [6.45, 7) is 0.570. The number of H-pyrrole nitrogens is 1. The normalized spacial score (nSPS) is 16.8. The molecule has 130 valence electrons. The predicted molar refractivity (Wildman–Crippen MR) is 85.3 cm³/mol. The van der Waals surface area contributed by atoms with E-state index in [0.717, 1.165) is 18.7 Å². The van der Waals surface area contributed by atoms with Gasteiger partial charge in [-0.3, -0.25) is 0 Å². The van der Waals surface area contributed by atoms with Crippen molar-refractivity contribution in [3.8, 4) is 0 Å². The SMILES string of the molecule is O=C(Nc1ccc2nc(C(F)F)[nH]c2c1)NC1CCc2ncnn2C1. The van der Waals surface area contributed by atoms with Crippen molar-refractivity contribution < 1.29 is 13.6 Å². The van der Waals surface area contributed by atoms with E-state index in [1.54, 1.807) is 22.9 Å². The molecule has 8 nitrogen and oxygen atoms in total. The molecule has 1 aliphatic rings. The van der Waals surface area contributed by atoms with Gasteiger partial charge in [0.1, 0.15) is 12.2 Å². The molecule has 1 aliphatic heterocycles. The molecule has 0 saturated heterocycles. The highest BCUT2D eigenvalue weighted by atomic mass is 19.3. The van der Waals surface area contributed by atoms with Gasteiger partial charge in [-0.25, -0.2) is 28.2 Å². The number of aromatic nitrogens is 5. The van der Waals surface area contributed by atoms with Crippen LogP contribution in [0.4, 0.5) is 19.3 Å². The van der Waals surface area contributed by atoms with E-state index in [4.69, 9.17) is 0 Å². The predicted octanol–water partition coefficient (Wildman–Crippen LogP) is 2.23. The molecule has 0 spiro atoms. The largest absolute Gasteiger partial charge is 0.337 e. The number of halogens is 2. The summed E-state index contributed by atoms with van der Waals surface area (Å²) >= 11 is 0. The van der Waals surface area contributed by atoms with Gasteiger partial charge in [-0.2, -0.15) is 5.10 Å². The molecule has 1 atom stereocenters. The molecular formula is C15H15F2N7O. The summed E-state index contributed by atoms with van der Waals surface area (Å²) in [5.74, 6) is 0.528. The highest BCUT2D eigenvalue weighted by Crippen LogP contribution is 2.22. The van der Waals surface area contributed by atoms with Crippen LogP contribution in [0.1, 0.15) is 24.5 Å². The third-order valence-corrected chi connectivity index (χ3v) is 4.11. The summed E-state index contributed by atoms with van der Waals surface area (Å²) in [7, 11) is 0. The molecule has 3 aromatic rings. The first-order valence-electron chi connectivity index (χ1n) is 7.80. The van der Waals surface area contributed by atoms with E-state index < -0.39 is 6.43 Å². The van der Waals surface area contributed by atoms with Crippen LogP contribution in [0.2, 0.25) is 0 Å². The van der Waals surface area contributed by atoms with Crippen molar-refractivity contribution in [1.82, 2.24) is 30.0 Å². The van der Waals surface area contributed by atoms with Gasteiger partial charge in [-0.15, -0.1) is 0 Å². The monoisotopic (exact) mass is 347 g/mol. The standard InChI is InChI=1S/C15H15F2N7O/c16-13(17)14-22-10-3-1-8(5-11(10)23-14)20-15(25)21-9-2-4-12-18-7-19-24(12)6-9/h1,3,5,7,9,13H,2,4,6H2,(H,22,23)(H2,20,21,25). The van der Waals surface area contributed by atoms with Gasteiger partial charge in [0.25, 0.3) is 6.43 Å². The second kappa shape index (κ2) is 6.11. The Kier molecular flexibility index (Phi) is 3.79. The highest BCUT2D eigenvalue weighted by Gasteiger charge is 2.21. The van der Waals surface area contributed by atoms with E-state index in [-0.39, 0.29) is 17.9 Å². The number of alkyl halides is 2. The highest BCUT2D eigenvalue weighted by molar-refractivity contribution is 5.92. The van der Waals surface area contributed by atoms with Crippen LogP contribution in [0.5, 0.6) is 0 Å². The number of amides is 2. The molecule has 0 fully saturated rings. The lowest BCUT2D eigenvalue weighted by Crippen LogP contribution is -2.43. The molecule has 2 amide bonds. The average Bonchev–Trinajstić information content (AvgIpc) is 3.20. The smallest absolute Gasteiger partial charge is 0.319 e. The molecule has 25 heavy (non-hydrogen) atoms. The van der Waals surface area contributed by atoms with Gasteiger partial charge in [-0.1, -0.05) is 0 Å². The number of hydrogen-bond donors (Lipinski definition) is 3. The molecule has 1 unspecified atom stereocenters. The van der Waals surface area contributed by atoms with Crippen molar-refractivity contribution in [2.24, 2.45) is 0 Å². The van der Waals surface area contributed by atoms with Crippen molar-refractivity contribution in [1.29, 1.82) is 0 Å². The zero-order valence-electron chi connectivity index (χ0n) is 13.0. The number of carbonyl (C=O) groups excluding carboxylic acids is 1. The summed E-state index contributed by atoms with van der Waals surface area (Å²) in [6, 6.07) is 4.37. The number of imidazole rings is 1. The number of urea groups is 1. The molecular weight excluding hydrogens is 332 g/mol. The Labute approximate surface area is 140 Å². The first-order valence-corrected chi connectivity index (χ1v) is 7.80. The summed E-state index contributed by atoms with van der Waals surface area (Å²) in [5, 5.41) is 9.70. The maximum atomic E-state index is 12.7. The quantitative estimate of drug-likeness (QED) is 0.676. The number of carbonyl (C=O) groups is 1. The van der Waals surface area contributed by atoms with Gasteiger partial charge in [0, 0.05) is 12.1 Å². The van der Waals surface area contributed by atoms with Crippen molar-refractivity contribution in [3.05, 3.63) is 36.2 Å². The van der Waals surface area contributed by atoms with Crippen LogP contribution in [0.25, 0.3) is 11.0 Å². The van der Waals surface area contributed by atoms with E-state index in [2.05, 4.69) is 30.7 Å². The fraction of sp³-hybridized carbons (Fsp3) is 0.333. The lowest BCUT2D eigenvalue weighted by Gasteiger charge is -2.23. The van der Waals surface area contributed by atoms with Crippen LogP contribution in [0, 0.1) is 0 Å². The number of fused-ring (bicyclic) bond motifs is 2. The minimum Gasteiger partial charge on any atom is -0.337 e. The Morgan fingerprint density at radius 2 is 2.28 bits per heavy atom. The van der Waals surface area contributed by atoms with Gasteiger partial charge in [0.15, 0.2) is 5.82 Å². The van der Waals surface area contributed by atoms with E-state index in [9.17, 15) is 13.6 Å². The summed E-state index contributed by atoms with van der Waals surface area (Å²) in [6.07, 6.45) is 0.371. The average molecular weight is 347 g/mol. The van der Waals surface area contributed by atoms with Crippen molar-refractivity contribution in [3.63, 3.8) is 0 Å². The Morgan fingerprint density at radius 3 is 3.12 bits per heavy atom. The molecule has 3 N–H and O–H groups in total. The summed E-state index contributed by atoms with van der Waals surface area (Å²) in [4.78, 5) is 22.6. The number of rotatable bonds is 3. The zero-order valence-corrected chi connectivity index (χ0v) is 13.0. The van der Waals surface area contributed by atoms with E-state index in [1.165, 1.54) is 6.33 Å². The maximum absolute atomic E-state index is 12.7. The molecule has 0 aliphatic carbocycles. The molecule has 0 bridgehead atoms. The van der Waals surface area contributed by atoms with Gasteiger partial charge in [0.05, 0.1) is 23.6 Å². The third-order valence-electron chi connectivity index (χ3n) is 4.11. The minimum atomic E-state index is -2.67. The van der Waals surface area contributed by atoms with Gasteiger partial charge >= 0.3 is 6.03 Å². The van der Waals surface area contributed by atoms with Crippen LogP contribution in [0.3, 0.4) is 0 Å². The zero-order chi connectivity index (χ0) is 17.4. The van der Waals surface area contributed by atoms with Crippen molar-refractivity contribution in [2.75, 3.05) is 5.32 Å². The first kappa shape index (κ1) is 15.5. The Hall–Kier alpha value is -3.04. The second-order valence-electron chi connectivity index (χ2n) is 5.85. The fourth-order valence-corrected chi connectivity index (χ4v) is 2.92. The van der Waals surface area contributed by atoms with E-state index >= 15 is 0 Å². The van der Waals surface area contributed by atoms with Crippen LogP contribution in [-0.4, -0.2) is 36.8 Å². The molecule has 3 heterocycles. The fourth-order valence-electron chi connectivity index (χ4n) is 2.92. The molecule has 2 aromatic heterocycles. The lowest BCUT2D eigenvalue weighted by molar-refractivity contribution is 0.142. The molecule has 0 saturated carbocycles. The van der Waals surface area contributed by atoms with Crippen LogP contribution in [0.15, 0.2) is 24.5 Å². The Balaban J connectivity index is 1.41. The topological polar surface area (TPSA) is 101 Å². The number of nitrogens with zero attached hydrogens (tertiary/aromatic N) is 4. The van der Waals surface area contributed by atoms with Crippen molar-refractivity contribution >= 4 is 22.8 Å². The third kappa shape index (κ3) is 3.14. The summed E-state index contributed by atoms with van der Waals surface area (Å²) < 4.78 is 27.1. The number of hydrogen-bond acceptors (Lipinski definition) is 4. The minimum absolute atomic E-state index is 0.0458. The number of aryl methyl sites for hydroxylation is 1. The maximum Gasteiger partial charge on any atom is 0.319 e. The van der Waals surface area contributed by atoms with Gasteiger partial charge in [-0.05, 0) is 24.6 Å². The van der Waals surface area contributed by atoms with E-state index in [1.807, 2.05) is 0 Å². The molecule has 0 radical (unpaired) electrons. The molecule has 10 heteroatoms. The van der Waals surface area contributed by atoms with E-state index in [0.29, 0.717) is 23.3 Å². The van der Waals surface area contributed by atoms with Crippen molar-refractivity contribution in [2.45, 2.75) is 31.9 Å². The number of aromatic amines is 1. The van der Waals surface area contributed by atoms with Crippen LogP contribution >= 0.6 is 0 Å². The van der Waals surface area contributed by atoms with Crippen LogP contribution in [-0.2, 0) is 13.0 Å². The molecule has 1 aromatic carbocycles. The Bertz CT molecular complexity index is 920. The van der Waals surface area contributed by atoms with Gasteiger partial charge < -0.3 is 15.6 Å². The lowest BCUT2D eigenvalue weighted by atomic mass is 10.1. The second-order valence-corrected chi connectivity index (χ2v) is 5.85. The summed E-state index contributed by atoms with van der Waals surface area (Å²) in [5.41, 5.74) is 1.36. The number of nitrogens with one attached hydrogen (secondary N) is 3. The van der Waals surface area contributed by atoms with Crippen LogP contribution < -0.4 is 10.6 Å². The first-order chi connectivity index (χ1) is 12.1. The molecule has 4 rings (SSSR count). The Morgan fingerprint density at radius 1 is 1.40 bits per heavy atom. The van der Waals surface area contributed by atoms with Gasteiger partial charge in [0.2, 0.25) is 0 Å². The number of anilines is 1. The number of benzene rings is 1.